The topological polar surface area (TPSA) is 21.3 Å². The standard InChI is InChI=1S/C11H12F5NO/c1-2-4-18-5-3-17-11-9(15)7(13)6(12)8(14)10(11)16/h17H,2-5H2,1H3. The van der Waals surface area contributed by atoms with Crippen molar-refractivity contribution in [1.29, 1.82) is 0 Å². The highest BCUT2D eigenvalue weighted by molar-refractivity contribution is 5.47. The SMILES string of the molecule is CCCOCCNc1c(F)c(F)c(F)c(F)c1F. The fourth-order valence-corrected chi connectivity index (χ4v) is 1.25. The number of halogens is 5. The fourth-order valence-electron chi connectivity index (χ4n) is 1.25. The van der Waals surface area contributed by atoms with E-state index in [-0.39, 0.29) is 13.2 Å². The van der Waals surface area contributed by atoms with Gasteiger partial charge in [0, 0.05) is 13.2 Å². The van der Waals surface area contributed by atoms with Crippen molar-refractivity contribution in [2.24, 2.45) is 0 Å². The van der Waals surface area contributed by atoms with E-state index in [1.807, 2.05) is 6.92 Å². The average molecular weight is 269 g/mol. The summed E-state index contributed by atoms with van der Waals surface area (Å²) in [6.07, 6.45) is 0.766. The summed E-state index contributed by atoms with van der Waals surface area (Å²) in [4.78, 5) is 0. The summed E-state index contributed by atoms with van der Waals surface area (Å²) in [5.41, 5.74) is -1.04. The van der Waals surface area contributed by atoms with Gasteiger partial charge in [0.05, 0.1) is 6.61 Å². The molecule has 2 nitrogen and oxygen atoms in total. The van der Waals surface area contributed by atoms with Crippen LogP contribution in [0.5, 0.6) is 0 Å². The highest BCUT2D eigenvalue weighted by atomic mass is 19.2. The number of rotatable bonds is 6. The minimum Gasteiger partial charge on any atom is -0.380 e. The first-order valence-electron chi connectivity index (χ1n) is 5.33. The lowest BCUT2D eigenvalue weighted by atomic mass is 10.2. The van der Waals surface area contributed by atoms with Crippen molar-refractivity contribution in [3.05, 3.63) is 29.1 Å². The lowest BCUT2D eigenvalue weighted by Gasteiger charge is -2.10. The zero-order valence-electron chi connectivity index (χ0n) is 9.63. The summed E-state index contributed by atoms with van der Waals surface area (Å²) in [5, 5.41) is 2.13. The van der Waals surface area contributed by atoms with Gasteiger partial charge in [0.15, 0.2) is 23.3 Å². The molecule has 0 amide bonds. The molecule has 102 valence electrons. The minimum absolute atomic E-state index is 0.0572. The predicted molar refractivity (Wildman–Crippen MR) is 55.8 cm³/mol. The van der Waals surface area contributed by atoms with Crippen LogP contribution in [-0.2, 0) is 4.74 Å². The maximum Gasteiger partial charge on any atom is 0.200 e. The molecule has 0 heterocycles. The third-order valence-electron chi connectivity index (χ3n) is 2.11. The van der Waals surface area contributed by atoms with E-state index >= 15 is 0 Å². The van der Waals surface area contributed by atoms with Gasteiger partial charge in [-0.25, -0.2) is 22.0 Å². The molecule has 1 aromatic rings. The maximum absolute atomic E-state index is 13.2. The van der Waals surface area contributed by atoms with Crippen molar-refractivity contribution in [2.75, 3.05) is 25.1 Å². The van der Waals surface area contributed by atoms with Gasteiger partial charge in [0.1, 0.15) is 5.69 Å². The third kappa shape index (κ3) is 3.10. The van der Waals surface area contributed by atoms with Crippen LogP contribution in [0.3, 0.4) is 0 Å². The van der Waals surface area contributed by atoms with E-state index in [0.29, 0.717) is 6.61 Å². The first kappa shape index (κ1) is 14.7. The van der Waals surface area contributed by atoms with E-state index in [9.17, 15) is 22.0 Å². The average Bonchev–Trinajstić information content (AvgIpc) is 2.37. The molecule has 7 heteroatoms. The van der Waals surface area contributed by atoms with Crippen LogP contribution >= 0.6 is 0 Å². The Morgan fingerprint density at radius 3 is 1.83 bits per heavy atom. The Morgan fingerprint density at radius 2 is 1.33 bits per heavy atom. The number of hydrogen-bond donors (Lipinski definition) is 1. The number of nitrogens with one attached hydrogen (secondary N) is 1. The molecule has 1 N–H and O–H groups in total. The second kappa shape index (κ2) is 6.53. The molecule has 0 fully saturated rings. The van der Waals surface area contributed by atoms with Crippen molar-refractivity contribution in [2.45, 2.75) is 13.3 Å². The van der Waals surface area contributed by atoms with Crippen molar-refractivity contribution in [1.82, 2.24) is 0 Å². The third-order valence-corrected chi connectivity index (χ3v) is 2.11. The first-order valence-corrected chi connectivity index (χ1v) is 5.33. The van der Waals surface area contributed by atoms with Gasteiger partial charge in [-0.15, -0.1) is 0 Å². The smallest absolute Gasteiger partial charge is 0.200 e. The Morgan fingerprint density at radius 1 is 0.833 bits per heavy atom. The normalized spacial score (nSPS) is 10.8. The summed E-state index contributed by atoms with van der Waals surface area (Å²) >= 11 is 0. The van der Waals surface area contributed by atoms with Gasteiger partial charge in [0.25, 0.3) is 0 Å². The van der Waals surface area contributed by atoms with Gasteiger partial charge < -0.3 is 10.1 Å². The molecule has 1 aromatic carbocycles. The lowest BCUT2D eigenvalue weighted by Crippen LogP contribution is -2.14. The fraction of sp³-hybridized carbons (Fsp3) is 0.455. The molecule has 0 spiro atoms. The van der Waals surface area contributed by atoms with Crippen LogP contribution in [0.1, 0.15) is 13.3 Å². The second-order valence-corrected chi connectivity index (χ2v) is 3.48. The van der Waals surface area contributed by atoms with E-state index in [2.05, 4.69) is 5.32 Å². The van der Waals surface area contributed by atoms with E-state index in [0.717, 1.165) is 6.42 Å². The minimum atomic E-state index is -2.17. The van der Waals surface area contributed by atoms with Crippen LogP contribution in [0, 0.1) is 29.1 Å². The number of anilines is 1. The summed E-state index contributed by atoms with van der Waals surface area (Å²) in [7, 11) is 0. The summed E-state index contributed by atoms with van der Waals surface area (Å²) in [6, 6.07) is 0. The maximum atomic E-state index is 13.2. The van der Waals surface area contributed by atoms with Crippen molar-refractivity contribution >= 4 is 5.69 Å². The molecule has 0 atom stereocenters. The van der Waals surface area contributed by atoms with E-state index in [4.69, 9.17) is 4.74 Å². The van der Waals surface area contributed by atoms with Crippen LogP contribution in [-0.4, -0.2) is 19.8 Å². The van der Waals surface area contributed by atoms with Crippen LogP contribution in [0.25, 0.3) is 0 Å². The van der Waals surface area contributed by atoms with Crippen LogP contribution in [0.15, 0.2) is 0 Å². The largest absolute Gasteiger partial charge is 0.380 e. The zero-order valence-corrected chi connectivity index (χ0v) is 9.63. The molecule has 0 aromatic heterocycles. The van der Waals surface area contributed by atoms with E-state index in [1.165, 1.54) is 0 Å². The molecule has 0 bridgehead atoms. The highest BCUT2D eigenvalue weighted by Gasteiger charge is 2.25. The summed E-state index contributed by atoms with van der Waals surface area (Å²) < 4.78 is 69.6. The molecular weight excluding hydrogens is 257 g/mol. The van der Waals surface area contributed by atoms with Gasteiger partial charge in [-0.3, -0.25) is 0 Å². The Bertz CT molecular complexity index is 395. The number of benzene rings is 1. The van der Waals surface area contributed by atoms with Crippen LogP contribution < -0.4 is 5.32 Å². The van der Waals surface area contributed by atoms with E-state index < -0.39 is 34.8 Å². The van der Waals surface area contributed by atoms with E-state index in [1.54, 1.807) is 0 Å². The number of hydrogen-bond acceptors (Lipinski definition) is 2. The Balaban J connectivity index is 2.77. The number of ether oxygens (including phenoxy) is 1. The van der Waals surface area contributed by atoms with Crippen molar-refractivity contribution < 1.29 is 26.7 Å². The highest BCUT2D eigenvalue weighted by Crippen LogP contribution is 2.26. The van der Waals surface area contributed by atoms with Gasteiger partial charge in [-0.1, -0.05) is 6.92 Å². The molecule has 0 radical (unpaired) electrons. The quantitative estimate of drug-likeness (QED) is 0.370. The second-order valence-electron chi connectivity index (χ2n) is 3.48. The molecule has 0 aliphatic rings. The van der Waals surface area contributed by atoms with Crippen molar-refractivity contribution in [3.8, 4) is 0 Å². The Kier molecular flexibility index (Phi) is 5.33. The predicted octanol–water partition coefficient (Wildman–Crippen LogP) is 3.22. The van der Waals surface area contributed by atoms with Crippen LogP contribution in [0.4, 0.5) is 27.6 Å². The lowest BCUT2D eigenvalue weighted by molar-refractivity contribution is 0.144. The van der Waals surface area contributed by atoms with Gasteiger partial charge in [-0.05, 0) is 6.42 Å². The Hall–Kier alpha value is -1.37. The monoisotopic (exact) mass is 269 g/mol. The molecule has 0 saturated carbocycles. The molecule has 1 rings (SSSR count). The molecule has 0 aliphatic heterocycles. The Labute approximate surface area is 101 Å². The molecule has 0 unspecified atom stereocenters. The van der Waals surface area contributed by atoms with Crippen molar-refractivity contribution in [3.63, 3.8) is 0 Å². The summed E-state index contributed by atoms with van der Waals surface area (Å²) in [6.45, 7) is 2.38. The molecule has 0 saturated heterocycles. The van der Waals surface area contributed by atoms with Gasteiger partial charge in [0.2, 0.25) is 5.82 Å². The molecule has 0 aliphatic carbocycles. The zero-order chi connectivity index (χ0) is 13.7. The molecule has 18 heavy (non-hydrogen) atoms. The first-order chi connectivity index (χ1) is 8.50. The van der Waals surface area contributed by atoms with Gasteiger partial charge >= 0.3 is 0 Å². The molecular formula is C11H12F5NO. The van der Waals surface area contributed by atoms with Crippen LogP contribution in [0.2, 0.25) is 0 Å². The summed E-state index contributed by atoms with van der Waals surface area (Å²) in [5.74, 6) is -9.85. The van der Waals surface area contributed by atoms with Gasteiger partial charge in [-0.2, -0.15) is 0 Å².